The molecule has 0 radical (unpaired) electrons. The SMILES string of the molecule is O=C1c2ccccc2C(=O)N1CCCN1CCC[C@H](C(F)(F)F)C1. The van der Waals surface area contributed by atoms with Gasteiger partial charge in [-0.05, 0) is 44.5 Å². The Balaban J connectivity index is 1.53. The number of piperidine rings is 1. The summed E-state index contributed by atoms with van der Waals surface area (Å²) in [5.41, 5.74) is 0.801. The van der Waals surface area contributed by atoms with E-state index in [0.29, 0.717) is 37.1 Å². The van der Waals surface area contributed by atoms with Crippen molar-refractivity contribution >= 4 is 11.8 Å². The van der Waals surface area contributed by atoms with Crippen LogP contribution in [0.1, 0.15) is 40.0 Å². The van der Waals surface area contributed by atoms with E-state index in [0.717, 1.165) is 0 Å². The predicted molar refractivity (Wildman–Crippen MR) is 81.6 cm³/mol. The third-order valence-electron chi connectivity index (χ3n) is 4.70. The fourth-order valence-electron chi connectivity index (χ4n) is 3.42. The van der Waals surface area contributed by atoms with Crippen LogP contribution in [0.4, 0.5) is 13.2 Å². The Bertz CT molecular complexity index is 610. The first kappa shape index (κ1) is 17.0. The van der Waals surface area contributed by atoms with Gasteiger partial charge in [0.15, 0.2) is 0 Å². The van der Waals surface area contributed by atoms with Crippen molar-refractivity contribution in [3.8, 4) is 0 Å². The number of hydrogen-bond acceptors (Lipinski definition) is 3. The maximum absolute atomic E-state index is 12.8. The smallest absolute Gasteiger partial charge is 0.303 e. The van der Waals surface area contributed by atoms with Crippen LogP contribution in [0.15, 0.2) is 24.3 Å². The Labute approximate surface area is 138 Å². The quantitative estimate of drug-likeness (QED) is 0.792. The molecule has 1 fully saturated rings. The fourth-order valence-corrected chi connectivity index (χ4v) is 3.42. The third-order valence-corrected chi connectivity index (χ3v) is 4.70. The van der Waals surface area contributed by atoms with Gasteiger partial charge < -0.3 is 4.90 Å². The Morgan fingerprint density at radius 3 is 2.25 bits per heavy atom. The topological polar surface area (TPSA) is 40.6 Å². The second-order valence-corrected chi connectivity index (χ2v) is 6.34. The number of rotatable bonds is 4. The monoisotopic (exact) mass is 340 g/mol. The average molecular weight is 340 g/mol. The zero-order valence-electron chi connectivity index (χ0n) is 13.2. The highest BCUT2D eigenvalue weighted by molar-refractivity contribution is 6.21. The number of fused-ring (bicyclic) bond motifs is 1. The number of carbonyl (C=O) groups excluding carboxylic acids is 2. The van der Waals surface area contributed by atoms with Crippen LogP contribution in [0.2, 0.25) is 0 Å². The summed E-state index contributed by atoms with van der Waals surface area (Å²) in [5, 5.41) is 0. The fraction of sp³-hybridized carbons (Fsp3) is 0.529. The van der Waals surface area contributed by atoms with Crippen LogP contribution < -0.4 is 0 Å². The van der Waals surface area contributed by atoms with E-state index >= 15 is 0 Å². The van der Waals surface area contributed by atoms with E-state index < -0.39 is 12.1 Å². The van der Waals surface area contributed by atoms with Gasteiger partial charge in [0.05, 0.1) is 17.0 Å². The van der Waals surface area contributed by atoms with Crippen LogP contribution in [0.5, 0.6) is 0 Å². The summed E-state index contributed by atoms with van der Waals surface area (Å²) < 4.78 is 38.4. The standard InChI is InChI=1S/C17H19F3N2O2/c18-17(19,20)12-5-3-8-21(11-12)9-4-10-22-15(23)13-6-1-2-7-14(13)16(22)24/h1-2,6-7,12H,3-5,8-11H2/t12-/m0/s1. The van der Waals surface area contributed by atoms with Gasteiger partial charge in [-0.1, -0.05) is 12.1 Å². The largest absolute Gasteiger partial charge is 0.393 e. The molecular weight excluding hydrogens is 321 g/mol. The lowest BCUT2D eigenvalue weighted by Crippen LogP contribution is -2.42. The van der Waals surface area contributed by atoms with Gasteiger partial charge in [-0.2, -0.15) is 13.2 Å². The lowest BCUT2D eigenvalue weighted by Gasteiger charge is -2.33. The Kier molecular flexibility index (Phi) is 4.62. The minimum atomic E-state index is -4.15. The Hall–Kier alpha value is -1.89. The van der Waals surface area contributed by atoms with Gasteiger partial charge in [0.25, 0.3) is 11.8 Å². The molecule has 0 N–H and O–H groups in total. The van der Waals surface area contributed by atoms with E-state index in [1.54, 1.807) is 29.2 Å². The second-order valence-electron chi connectivity index (χ2n) is 6.34. The zero-order valence-corrected chi connectivity index (χ0v) is 13.2. The number of halogens is 3. The number of hydrogen-bond donors (Lipinski definition) is 0. The highest BCUT2D eigenvalue weighted by Gasteiger charge is 2.41. The first-order valence-corrected chi connectivity index (χ1v) is 8.12. The zero-order chi connectivity index (χ0) is 17.3. The first-order chi connectivity index (χ1) is 11.4. The van der Waals surface area contributed by atoms with E-state index in [1.807, 2.05) is 0 Å². The molecule has 1 atom stereocenters. The summed E-state index contributed by atoms with van der Waals surface area (Å²) >= 11 is 0. The molecule has 2 aliphatic rings. The molecule has 4 nitrogen and oxygen atoms in total. The number of amides is 2. The summed E-state index contributed by atoms with van der Waals surface area (Å²) in [4.78, 5) is 27.4. The molecule has 3 rings (SSSR count). The summed E-state index contributed by atoms with van der Waals surface area (Å²) in [6, 6.07) is 6.65. The molecule has 2 aliphatic heterocycles. The number of imide groups is 1. The molecule has 130 valence electrons. The van der Waals surface area contributed by atoms with Crippen molar-refractivity contribution in [3.63, 3.8) is 0 Å². The molecule has 0 aromatic heterocycles. The normalized spacial score (nSPS) is 22.1. The van der Waals surface area contributed by atoms with Gasteiger partial charge in [-0.15, -0.1) is 0 Å². The highest BCUT2D eigenvalue weighted by atomic mass is 19.4. The van der Waals surface area contributed by atoms with E-state index in [-0.39, 0.29) is 31.3 Å². The predicted octanol–water partition coefficient (Wildman–Crippen LogP) is 2.95. The minimum absolute atomic E-state index is 0.00557. The van der Waals surface area contributed by atoms with E-state index in [1.165, 1.54) is 4.90 Å². The summed E-state index contributed by atoms with van der Waals surface area (Å²) in [6.45, 7) is 1.33. The van der Waals surface area contributed by atoms with Crippen molar-refractivity contribution in [1.29, 1.82) is 0 Å². The summed E-state index contributed by atoms with van der Waals surface area (Å²) in [6.07, 6.45) is -2.97. The van der Waals surface area contributed by atoms with Crippen LogP contribution in [0, 0.1) is 5.92 Å². The van der Waals surface area contributed by atoms with Crippen molar-refractivity contribution < 1.29 is 22.8 Å². The van der Waals surface area contributed by atoms with Crippen molar-refractivity contribution in [2.45, 2.75) is 25.4 Å². The Morgan fingerprint density at radius 1 is 1.04 bits per heavy atom. The molecule has 0 aliphatic carbocycles. The number of likely N-dealkylation sites (tertiary alicyclic amines) is 1. The maximum atomic E-state index is 12.8. The second kappa shape index (κ2) is 6.55. The van der Waals surface area contributed by atoms with Gasteiger partial charge in [0.2, 0.25) is 0 Å². The molecule has 2 amide bonds. The van der Waals surface area contributed by atoms with Crippen LogP contribution in [0.25, 0.3) is 0 Å². The third kappa shape index (κ3) is 3.31. The first-order valence-electron chi connectivity index (χ1n) is 8.12. The molecule has 24 heavy (non-hydrogen) atoms. The summed E-state index contributed by atoms with van der Waals surface area (Å²) in [7, 11) is 0. The highest BCUT2D eigenvalue weighted by Crippen LogP contribution is 2.33. The van der Waals surface area contributed by atoms with Gasteiger partial charge in [0, 0.05) is 13.1 Å². The molecule has 7 heteroatoms. The van der Waals surface area contributed by atoms with Crippen molar-refractivity contribution in [2.75, 3.05) is 26.2 Å². The van der Waals surface area contributed by atoms with Crippen LogP contribution in [-0.2, 0) is 0 Å². The van der Waals surface area contributed by atoms with Crippen molar-refractivity contribution in [2.24, 2.45) is 5.92 Å². The average Bonchev–Trinajstić information content (AvgIpc) is 2.80. The number of alkyl halides is 3. The number of carbonyl (C=O) groups is 2. The van der Waals surface area contributed by atoms with E-state index in [4.69, 9.17) is 0 Å². The van der Waals surface area contributed by atoms with Crippen molar-refractivity contribution in [1.82, 2.24) is 9.80 Å². The van der Waals surface area contributed by atoms with Crippen molar-refractivity contribution in [3.05, 3.63) is 35.4 Å². The lowest BCUT2D eigenvalue weighted by molar-refractivity contribution is -0.186. The lowest BCUT2D eigenvalue weighted by atomic mass is 9.97. The molecule has 1 saturated heterocycles. The molecule has 1 aromatic carbocycles. The van der Waals surface area contributed by atoms with Gasteiger partial charge in [-0.25, -0.2) is 0 Å². The Morgan fingerprint density at radius 2 is 1.67 bits per heavy atom. The minimum Gasteiger partial charge on any atom is -0.303 e. The molecule has 0 unspecified atom stereocenters. The molecular formula is C17H19F3N2O2. The molecule has 0 saturated carbocycles. The van der Waals surface area contributed by atoms with Crippen LogP contribution in [0.3, 0.4) is 0 Å². The van der Waals surface area contributed by atoms with Gasteiger partial charge in [0.1, 0.15) is 0 Å². The van der Waals surface area contributed by atoms with E-state index in [9.17, 15) is 22.8 Å². The molecule has 0 spiro atoms. The number of benzene rings is 1. The van der Waals surface area contributed by atoms with Gasteiger partial charge in [-0.3, -0.25) is 14.5 Å². The molecule has 1 aromatic rings. The van der Waals surface area contributed by atoms with Crippen LogP contribution in [-0.4, -0.2) is 54.0 Å². The number of nitrogens with zero attached hydrogens (tertiary/aromatic N) is 2. The summed E-state index contributed by atoms with van der Waals surface area (Å²) in [5.74, 6) is -1.91. The molecule has 0 bridgehead atoms. The van der Waals surface area contributed by atoms with E-state index in [2.05, 4.69) is 0 Å². The maximum Gasteiger partial charge on any atom is 0.393 e. The van der Waals surface area contributed by atoms with Gasteiger partial charge >= 0.3 is 6.18 Å². The van der Waals surface area contributed by atoms with Crippen LogP contribution >= 0.6 is 0 Å². The molecule has 2 heterocycles.